The Labute approximate surface area is 158 Å². The van der Waals surface area contributed by atoms with Crippen molar-refractivity contribution >= 4 is 23.7 Å². The number of hydrogen-bond acceptors (Lipinski definition) is 3. The van der Waals surface area contributed by atoms with Crippen molar-refractivity contribution in [1.82, 2.24) is 5.43 Å². The molecule has 26 heavy (non-hydrogen) atoms. The number of benzene rings is 2. The van der Waals surface area contributed by atoms with Crippen LogP contribution in [0.2, 0.25) is 5.02 Å². The average Bonchev–Trinajstić information content (AvgIpc) is 2.55. The second kappa shape index (κ2) is 8.32. The van der Waals surface area contributed by atoms with Crippen LogP contribution in [0.3, 0.4) is 0 Å². The van der Waals surface area contributed by atoms with E-state index in [1.165, 1.54) is 18.3 Å². The second-order valence-electron chi connectivity index (χ2n) is 6.97. The number of aryl methyl sites for hydroxylation is 1. The number of nitrogens with one attached hydrogen (secondary N) is 1. The molecular formula is C20H22ClFN2O2. The third-order valence-electron chi connectivity index (χ3n) is 3.68. The second-order valence-corrected chi connectivity index (χ2v) is 7.37. The van der Waals surface area contributed by atoms with Crippen molar-refractivity contribution in [2.24, 2.45) is 5.10 Å². The van der Waals surface area contributed by atoms with Gasteiger partial charge in [-0.3, -0.25) is 4.79 Å². The summed E-state index contributed by atoms with van der Waals surface area (Å²) in [5.41, 5.74) is 4.45. The Morgan fingerprint density at radius 1 is 1.31 bits per heavy atom. The van der Waals surface area contributed by atoms with Crippen molar-refractivity contribution in [2.75, 3.05) is 6.61 Å². The number of hydrazone groups is 1. The number of ether oxygens (including phenoxy) is 1. The van der Waals surface area contributed by atoms with Crippen LogP contribution >= 0.6 is 11.6 Å². The zero-order valence-electron chi connectivity index (χ0n) is 15.3. The summed E-state index contributed by atoms with van der Waals surface area (Å²) in [5.74, 6) is -0.310. The van der Waals surface area contributed by atoms with E-state index in [2.05, 4.69) is 31.3 Å². The minimum absolute atomic E-state index is 0.114. The fraction of sp³-hybridized carbons (Fsp3) is 0.300. The Kier molecular flexibility index (Phi) is 6.37. The van der Waals surface area contributed by atoms with E-state index < -0.39 is 11.7 Å². The summed E-state index contributed by atoms with van der Waals surface area (Å²) < 4.78 is 19.3. The number of halogens is 2. The number of carbonyl (C=O) groups is 1. The minimum atomic E-state index is -0.513. The monoisotopic (exact) mass is 376 g/mol. The first-order chi connectivity index (χ1) is 12.2. The quantitative estimate of drug-likeness (QED) is 0.611. The lowest BCUT2D eigenvalue weighted by Gasteiger charge is -2.23. The molecule has 0 aromatic heterocycles. The molecule has 0 saturated carbocycles. The van der Waals surface area contributed by atoms with Crippen molar-refractivity contribution in [3.63, 3.8) is 0 Å². The lowest BCUT2D eigenvalue weighted by molar-refractivity contribution is -0.123. The number of carbonyl (C=O) groups excluding carboxylic acids is 1. The number of nitrogens with zero attached hydrogens (tertiary/aromatic N) is 1. The highest BCUT2D eigenvalue weighted by Crippen LogP contribution is 2.32. The molecule has 0 aliphatic heterocycles. The van der Waals surface area contributed by atoms with Crippen molar-refractivity contribution < 1.29 is 13.9 Å². The van der Waals surface area contributed by atoms with E-state index >= 15 is 0 Å². The van der Waals surface area contributed by atoms with Crippen LogP contribution in [0, 0.1) is 12.7 Å². The summed E-state index contributed by atoms with van der Waals surface area (Å²) in [6.45, 7) is 8.05. The van der Waals surface area contributed by atoms with Gasteiger partial charge in [-0.15, -0.1) is 0 Å². The van der Waals surface area contributed by atoms with E-state index in [-0.39, 0.29) is 22.6 Å². The Balaban J connectivity index is 1.99. The molecule has 0 heterocycles. The van der Waals surface area contributed by atoms with Gasteiger partial charge in [-0.2, -0.15) is 5.10 Å². The van der Waals surface area contributed by atoms with Crippen LogP contribution in [-0.4, -0.2) is 18.7 Å². The minimum Gasteiger partial charge on any atom is -0.483 e. The fourth-order valence-electron chi connectivity index (χ4n) is 2.33. The van der Waals surface area contributed by atoms with Crippen molar-refractivity contribution in [1.29, 1.82) is 0 Å². The molecule has 0 spiro atoms. The highest BCUT2D eigenvalue weighted by atomic mass is 35.5. The highest BCUT2D eigenvalue weighted by molar-refractivity contribution is 6.33. The van der Waals surface area contributed by atoms with Gasteiger partial charge in [0.15, 0.2) is 6.61 Å². The third kappa shape index (κ3) is 5.30. The van der Waals surface area contributed by atoms with Gasteiger partial charge in [-0.1, -0.05) is 56.1 Å². The predicted molar refractivity (Wildman–Crippen MR) is 103 cm³/mol. The van der Waals surface area contributed by atoms with Crippen LogP contribution in [0.4, 0.5) is 4.39 Å². The molecule has 2 rings (SSSR count). The largest absolute Gasteiger partial charge is 0.483 e. The van der Waals surface area contributed by atoms with Crippen LogP contribution in [0.15, 0.2) is 41.5 Å². The molecule has 0 saturated heterocycles. The molecule has 138 valence electrons. The van der Waals surface area contributed by atoms with Gasteiger partial charge in [0.05, 0.1) is 11.2 Å². The molecule has 6 heteroatoms. The molecule has 0 fully saturated rings. The van der Waals surface area contributed by atoms with E-state index in [4.69, 9.17) is 16.3 Å². The Morgan fingerprint density at radius 2 is 2.04 bits per heavy atom. The van der Waals surface area contributed by atoms with E-state index in [0.717, 1.165) is 11.1 Å². The van der Waals surface area contributed by atoms with Crippen LogP contribution in [0.25, 0.3) is 0 Å². The summed E-state index contributed by atoms with van der Waals surface area (Å²) in [6.07, 6.45) is 1.17. The van der Waals surface area contributed by atoms with Gasteiger partial charge < -0.3 is 4.74 Å². The molecule has 0 bridgehead atoms. The maximum absolute atomic E-state index is 13.6. The molecule has 0 radical (unpaired) electrons. The maximum Gasteiger partial charge on any atom is 0.277 e. The number of hydrogen-bond donors (Lipinski definition) is 1. The van der Waals surface area contributed by atoms with Gasteiger partial charge in [0.2, 0.25) is 0 Å². The molecule has 0 aliphatic rings. The average molecular weight is 377 g/mol. The molecule has 0 unspecified atom stereocenters. The summed E-state index contributed by atoms with van der Waals surface area (Å²) in [7, 11) is 0. The van der Waals surface area contributed by atoms with E-state index in [9.17, 15) is 9.18 Å². The molecule has 1 N–H and O–H groups in total. The zero-order chi connectivity index (χ0) is 19.3. The smallest absolute Gasteiger partial charge is 0.277 e. The summed E-state index contributed by atoms with van der Waals surface area (Å²) in [4.78, 5) is 11.9. The SMILES string of the molecule is Cc1ccc(OCC(=O)N/N=C/c2c(F)cccc2Cl)c(C(C)(C)C)c1. The van der Waals surface area contributed by atoms with Gasteiger partial charge in [-0.05, 0) is 36.1 Å². The fourth-order valence-corrected chi connectivity index (χ4v) is 2.55. The maximum atomic E-state index is 13.6. The van der Waals surface area contributed by atoms with Gasteiger partial charge in [0.25, 0.3) is 5.91 Å². The molecule has 1 amide bonds. The molecule has 2 aromatic carbocycles. The van der Waals surface area contributed by atoms with E-state index in [1.807, 2.05) is 25.1 Å². The van der Waals surface area contributed by atoms with Crippen molar-refractivity contribution in [3.05, 3.63) is 63.9 Å². The first-order valence-corrected chi connectivity index (χ1v) is 8.56. The first kappa shape index (κ1) is 19.9. The number of rotatable bonds is 5. The summed E-state index contributed by atoms with van der Waals surface area (Å²) in [5, 5.41) is 3.95. The van der Waals surface area contributed by atoms with Gasteiger partial charge in [0.1, 0.15) is 11.6 Å². The number of amides is 1. The third-order valence-corrected chi connectivity index (χ3v) is 4.01. The molecular weight excluding hydrogens is 355 g/mol. The van der Waals surface area contributed by atoms with E-state index in [1.54, 1.807) is 6.07 Å². The van der Waals surface area contributed by atoms with Crippen LogP contribution < -0.4 is 10.2 Å². The first-order valence-electron chi connectivity index (χ1n) is 8.18. The molecule has 2 aromatic rings. The van der Waals surface area contributed by atoms with Crippen LogP contribution in [0.5, 0.6) is 5.75 Å². The zero-order valence-corrected chi connectivity index (χ0v) is 16.0. The Bertz CT molecular complexity index is 809. The lowest BCUT2D eigenvalue weighted by Crippen LogP contribution is -2.25. The topological polar surface area (TPSA) is 50.7 Å². The van der Waals surface area contributed by atoms with Gasteiger partial charge in [-0.25, -0.2) is 9.82 Å². The Hall–Kier alpha value is -2.40. The van der Waals surface area contributed by atoms with Crippen molar-refractivity contribution in [2.45, 2.75) is 33.1 Å². The standard InChI is InChI=1S/C20H22ClFN2O2/c1-13-8-9-18(15(10-13)20(2,3)4)26-12-19(25)24-23-11-14-16(21)6-5-7-17(14)22/h5-11H,12H2,1-4H3,(H,24,25)/b23-11+. The van der Waals surface area contributed by atoms with Crippen molar-refractivity contribution in [3.8, 4) is 5.75 Å². The molecule has 0 aliphatic carbocycles. The Morgan fingerprint density at radius 3 is 2.69 bits per heavy atom. The van der Waals surface area contributed by atoms with Crippen LogP contribution in [0.1, 0.15) is 37.5 Å². The van der Waals surface area contributed by atoms with Crippen LogP contribution in [-0.2, 0) is 10.2 Å². The highest BCUT2D eigenvalue weighted by Gasteiger charge is 2.19. The summed E-state index contributed by atoms with van der Waals surface area (Å²) >= 11 is 5.89. The lowest BCUT2D eigenvalue weighted by atomic mass is 9.85. The van der Waals surface area contributed by atoms with Gasteiger partial charge in [0, 0.05) is 5.56 Å². The normalized spacial score (nSPS) is 11.6. The molecule has 0 atom stereocenters. The van der Waals surface area contributed by atoms with Gasteiger partial charge >= 0.3 is 0 Å². The van der Waals surface area contributed by atoms with E-state index in [0.29, 0.717) is 5.75 Å². The molecule has 4 nitrogen and oxygen atoms in total. The summed E-state index contributed by atoms with van der Waals surface area (Å²) in [6, 6.07) is 10.1. The predicted octanol–water partition coefficient (Wildman–Crippen LogP) is 4.61.